The maximum Gasteiger partial charge on any atom is 0.328 e. The Morgan fingerprint density at radius 2 is 1.73 bits per heavy atom. The van der Waals surface area contributed by atoms with Gasteiger partial charge in [-0.15, -0.1) is 22.7 Å². The van der Waals surface area contributed by atoms with Gasteiger partial charge in [-0.25, -0.2) is 4.79 Å². The maximum atomic E-state index is 13.7. The molecule has 4 aromatic rings. The summed E-state index contributed by atoms with van der Waals surface area (Å²) in [7, 11) is 0. The minimum absolute atomic E-state index is 0.0713. The van der Waals surface area contributed by atoms with Gasteiger partial charge in [0, 0.05) is 38.3 Å². The van der Waals surface area contributed by atoms with E-state index in [1.54, 1.807) is 22.7 Å². The van der Waals surface area contributed by atoms with Crippen molar-refractivity contribution in [3.05, 3.63) is 98.0 Å². The van der Waals surface area contributed by atoms with Crippen LogP contribution < -0.4 is 5.73 Å². The first kappa shape index (κ1) is 25.6. The fourth-order valence-corrected chi connectivity index (χ4v) is 9.14. The first-order valence-corrected chi connectivity index (χ1v) is 15.0. The third kappa shape index (κ3) is 3.73. The smallest absolute Gasteiger partial charge is 0.328 e. The lowest BCUT2D eigenvalue weighted by Crippen LogP contribution is -2.58. The fourth-order valence-electron chi connectivity index (χ4n) is 6.75. The Labute approximate surface area is 243 Å². The molecule has 2 saturated heterocycles. The van der Waals surface area contributed by atoms with Gasteiger partial charge in [0.15, 0.2) is 0 Å². The number of thiophene rings is 2. The van der Waals surface area contributed by atoms with Crippen LogP contribution in [0.5, 0.6) is 0 Å². The molecule has 5 heterocycles. The molecule has 2 bridgehead atoms. The molecule has 0 saturated carbocycles. The van der Waals surface area contributed by atoms with E-state index in [9.17, 15) is 19.5 Å². The molecule has 4 amide bonds. The van der Waals surface area contributed by atoms with Gasteiger partial charge in [-0.1, -0.05) is 66.2 Å². The number of primary amides is 1. The number of nitrogens with zero attached hydrogens (tertiary/aromatic N) is 2. The van der Waals surface area contributed by atoms with E-state index in [0.29, 0.717) is 16.5 Å². The predicted octanol–water partition coefficient (Wildman–Crippen LogP) is 5.43. The summed E-state index contributed by atoms with van der Waals surface area (Å²) in [5.41, 5.74) is 8.21. The molecule has 2 aromatic heterocycles. The number of carbonyl (C=O) groups excluding carboxylic acids is 3. The molecular formula is C30H24ClN3O4S2. The highest BCUT2D eigenvalue weighted by molar-refractivity contribution is 7.19. The number of hydrogen-bond acceptors (Lipinski definition) is 7. The Hall–Kier alpha value is -3.34. The number of imide groups is 3. The summed E-state index contributed by atoms with van der Waals surface area (Å²) in [5, 5.41) is 13.3. The lowest BCUT2D eigenvalue weighted by Gasteiger charge is -2.54. The average Bonchev–Trinajstić information content (AvgIpc) is 3.67. The van der Waals surface area contributed by atoms with Crippen molar-refractivity contribution < 1.29 is 19.5 Å². The zero-order valence-electron chi connectivity index (χ0n) is 21.1. The molecular weight excluding hydrogens is 566 g/mol. The molecule has 3 N–H and O–H groups in total. The molecule has 4 aliphatic rings. The minimum atomic E-state index is -1.04. The molecule has 202 valence electrons. The number of urea groups is 1. The van der Waals surface area contributed by atoms with Gasteiger partial charge in [0.05, 0.1) is 29.5 Å². The zero-order chi connectivity index (χ0) is 27.7. The van der Waals surface area contributed by atoms with Crippen LogP contribution in [0.1, 0.15) is 26.9 Å². The van der Waals surface area contributed by atoms with Crippen LogP contribution >= 0.6 is 34.3 Å². The molecule has 2 fully saturated rings. The van der Waals surface area contributed by atoms with Crippen molar-refractivity contribution >= 4 is 67.8 Å². The first-order chi connectivity index (χ1) is 19.4. The van der Waals surface area contributed by atoms with Gasteiger partial charge in [0.1, 0.15) is 0 Å². The summed E-state index contributed by atoms with van der Waals surface area (Å²) in [5.74, 6) is -2.92. The first-order valence-electron chi connectivity index (χ1n) is 12.9. The standard InChI is InChI=1S/C30H24ClN3O4S2/c31-26-17-4-1-2-5-20(17)40-22(26)13-33-19-12-18(16-9-7-15(14-35)8-10-16)23(27(33)21-6-3-11-39-21)25-24(19)28(36)34(29(25)37)30(32)38/h1-12,19,23-25,27,35H,13-14H2,(H2,32,38). The Kier molecular flexibility index (Phi) is 6.17. The van der Waals surface area contributed by atoms with Crippen LogP contribution in [0.4, 0.5) is 4.79 Å². The van der Waals surface area contributed by atoms with E-state index in [2.05, 4.69) is 17.0 Å². The lowest BCUT2D eigenvalue weighted by molar-refractivity contribution is -0.136. The number of aliphatic hydroxyl groups is 1. The molecule has 8 rings (SSSR count). The molecule has 3 aliphatic heterocycles. The van der Waals surface area contributed by atoms with Crippen LogP contribution in [-0.2, 0) is 22.7 Å². The molecule has 0 spiro atoms. The number of rotatable bonds is 5. The van der Waals surface area contributed by atoms with Crippen LogP contribution in [-0.4, -0.2) is 38.8 Å². The van der Waals surface area contributed by atoms with Crippen molar-refractivity contribution in [1.82, 2.24) is 9.80 Å². The highest BCUT2D eigenvalue weighted by atomic mass is 35.5. The lowest BCUT2D eigenvalue weighted by atomic mass is 9.61. The van der Waals surface area contributed by atoms with E-state index in [4.69, 9.17) is 17.3 Å². The topological polar surface area (TPSA) is 104 Å². The van der Waals surface area contributed by atoms with Gasteiger partial charge in [-0.05, 0) is 34.2 Å². The molecule has 40 heavy (non-hydrogen) atoms. The van der Waals surface area contributed by atoms with Crippen molar-refractivity contribution in [3.63, 3.8) is 0 Å². The monoisotopic (exact) mass is 589 g/mol. The van der Waals surface area contributed by atoms with Crippen LogP contribution in [0, 0.1) is 17.8 Å². The summed E-state index contributed by atoms with van der Waals surface area (Å²) < 4.78 is 1.09. The van der Waals surface area contributed by atoms with Crippen molar-refractivity contribution in [1.29, 1.82) is 0 Å². The predicted molar refractivity (Wildman–Crippen MR) is 155 cm³/mol. The second-order valence-corrected chi connectivity index (χ2v) is 12.9. The van der Waals surface area contributed by atoms with E-state index < -0.39 is 41.6 Å². The third-order valence-corrected chi connectivity index (χ3v) is 11.0. The molecule has 10 heteroatoms. The van der Waals surface area contributed by atoms with Crippen molar-refractivity contribution in [2.45, 2.75) is 25.2 Å². The second kappa shape index (κ2) is 9.64. The number of benzene rings is 2. The van der Waals surface area contributed by atoms with E-state index in [1.165, 1.54) is 0 Å². The van der Waals surface area contributed by atoms with Gasteiger partial charge < -0.3 is 10.8 Å². The van der Waals surface area contributed by atoms with Crippen molar-refractivity contribution in [3.8, 4) is 0 Å². The molecule has 5 unspecified atom stereocenters. The van der Waals surface area contributed by atoms with Gasteiger partial charge in [0.25, 0.3) is 0 Å². The van der Waals surface area contributed by atoms with E-state index in [1.807, 2.05) is 60.0 Å². The van der Waals surface area contributed by atoms with E-state index in [-0.39, 0.29) is 12.6 Å². The van der Waals surface area contributed by atoms with Crippen LogP contribution in [0.25, 0.3) is 15.7 Å². The summed E-state index contributed by atoms with van der Waals surface area (Å²) in [6, 6.07) is 17.9. The second-order valence-electron chi connectivity index (χ2n) is 10.4. The normalized spacial score (nSPS) is 26.0. The minimum Gasteiger partial charge on any atom is -0.392 e. The maximum absolute atomic E-state index is 13.7. The molecule has 5 atom stereocenters. The number of hydrogen-bond donors (Lipinski definition) is 2. The van der Waals surface area contributed by atoms with Crippen molar-refractivity contribution in [2.24, 2.45) is 23.5 Å². The van der Waals surface area contributed by atoms with Crippen molar-refractivity contribution in [2.75, 3.05) is 0 Å². The zero-order valence-corrected chi connectivity index (χ0v) is 23.5. The van der Waals surface area contributed by atoms with Gasteiger partial charge in [-0.2, -0.15) is 4.90 Å². The number of amides is 4. The number of nitrogens with two attached hydrogens (primary N) is 1. The van der Waals surface area contributed by atoms with Crippen LogP contribution in [0.15, 0.2) is 72.1 Å². The molecule has 7 nitrogen and oxygen atoms in total. The third-order valence-electron chi connectivity index (χ3n) is 8.40. The number of fused-ring (bicyclic) bond motifs is 2. The van der Waals surface area contributed by atoms with Crippen LogP contribution in [0.3, 0.4) is 0 Å². The Bertz CT molecular complexity index is 1700. The average molecular weight is 590 g/mol. The number of likely N-dealkylation sites (tertiary alicyclic amines) is 1. The summed E-state index contributed by atoms with van der Waals surface area (Å²) in [4.78, 5) is 44.6. The highest BCUT2D eigenvalue weighted by Gasteiger charge is 2.65. The number of aliphatic hydroxyl groups excluding tert-OH is 1. The SMILES string of the molecule is NC(=O)N1C(=O)C2C(C1=O)C1C=C(c3ccc(CO)cc3)C2C(c2cccs2)N1Cc1sc2ccccc2c1Cl. The summed E-state index contributed by atoms with van der Waals surface area (Å²) in [6.07, 6.45) is 2.08. The van der Waals surface area contributed by atoms with Gasteiger partial charge >= 0.3 is 6.03 Å². The number of piperidine rings is 1. The number of carbonyl (C=O) groups is 3. The molecule has 2 aromatic carbocycles. The van der Waals surface area contributed by atoms with Crippen LogP contribution in [0.2, 0.25) is 5.02 Å². The quantitative estimate of drug-likeness (QED) is 0.302. The summed E-state index contributed by atoms with van der Waals surface area (Å²) in [6.45, 7) is 0.411. The Morgan fingerprint density at radius 3 is 2.40 bits per heavy atom. The molecule has 0 radical (unpaired) electrons. The van der Waals surface area contributed by atoms with Gasteiger partial charge in [-0.3, -0.25) is 14.5 Å². The summed E-state index contributed by atoms with van der Waals surface area (Å²) >= 11 is 10.1. The van der Waals surface area contributed by atoms with E-state index >= 15 is 0 Å². The number of halogens is 1. The van der Waals surface area contributed by atoms with Gasteiger partial charge in [0.2, 0.25) is 11.8 Å². The van der Waals surface area contributed by atoms with E-state index in [0.717, 1.165) is 36.5 Å². The molecule has 1 aliphatic carbocycles. The largest absolute Gasteiger partial charge is 0.392 e. The Morgan fingerprint density at radius 1 is 0.975 bits per heavy atom. The Balaban J connectivity index is 1.41. The fraction of sp³-hybridized carbons (Fsp3) is 0.233. The highest BCUT2D eigenvalue weighted by Crippen LogP contribution is 2.59.